The predicted molar refractivity (Wildman–Crippen MR) is 140 cm³/mol. The summed E-state index contributed by atoms with van der Waals surface area (Å²) in [4.78, 5) is 24.5. The number of hydrazone groups is 1. The van der Waals surface area contributed by atoms with Crippen molar-refractivity contribution in [3.05, 3.63) is 89.0 Å². The number of amides is 1. The summed E-state index contributed by atoms with van der Waals surface area (Å²) >= 11 is 0. The molecule has 0 saturated carbocycles. The topological polar surface area (TPSA) is 86.2 Å². The Labute approximate surface area is 212 Å². The molecule has 188 valence electrons. The summed E-state index contributed by atoms with van der Waals surface area (Å²) in [6.07, 6.45) is 2.42. The molecule has 7 heteroatoms. The predicted octanol–water partition coefficient (Wildman–Crippen LogP) is 5.66. The second-order valence-corrected chi connectivity index (χ2v) is 8.61. The van der Waals surface area contributed by atoms with Gasteiger partial charge in [-0.15, -0.1) is 0 Å². The van der Waals surface area contributed by atoms with Gasteiger partial charge < -0.3 is 14.2 Å². The van der Waals surface area contributed by atoms with E-state index in [-0.39, 0.29) is 18.4 Å². The normalized spacial score (nSPS) is 10.9. The number of carbonyl (C=O) groups excluding carboxylic acids is 2. The van der Waals surface area contributed by atoms with Gasteiger partial charge in [-0.25, -0.2) is 10.2 Å². The van der Waals surface area contributed by atoms with Gasteiger partial charge in [0.15, 0.2) is 6.61 Å². The monoisotopic (exact) mass is 488 g/mol. The number of rotatable bonds is 11. The molecule has 0 aromatic heterocycles. The van der Waals surface area contributed by atoms with Gasteiger partial charge in [0.05, 0.1) is 18.4 Å². The Morgan fingerprint density at radius 1 is 0.944 bits per heavy atom. The third kappa shape index (κ3) is 7.98. The van der Waals surface area contributed by atoms with Crippen molar-refractivity contribution in [1.82, 2.24) is 5.43 Å². The third-order valence-electron chi connectivity index (χ3n) is 5.21. The summed E-state index contributed by atoms with van der Waals surface area (Å²) in [5.41, 5.74) is 5.74. The zero-order valence-electron chi connectivity index (χ0n) is 21.1. The van der Waals surface area contributed by atoms with Gasteiger partial charge in [0.1, 0.15) is 17.2 Å². The van der Waals surface area contributed by atoms with Crippen molar-refractivity contribution in [3.8, 4) is 17.2 Å². The standard InChI is InChI=1S/C29H32N2O5/c1-5-16-34-24-13-9-23(10-14-24)29(33)36-25-11-7-22(8-12-25)18-30-31-28(32)19-35-27-17-21(4)6-15-26(27)20(2)3/h6-15,17-18,20H,5,16,19H2,1-4H3,(H,31,32)/b30-18+. The minimum atomic E-state index is -0.458. The van der Waals surface area contributed by atoms with Gasteiger partial charge in [0.25, 0.3) is 5.91 Å². The lowest BCUT2D eigenvalue weighted by atomic mass is 10.0. The van der Waals surface area contributed by atoms with E-state index in [2.05, 4.69) is 24.4 Å². The van der Waals surface area contributed by atoms with E-state index in [9.17, 15) is 9.59 Å². The number of nitrogens with one attached hydrogen (secondary N) is 1. The van der Waals surface area contributed by atoms with E-state index in [1.54, 1.807) is 48.5 Å². The number of nitrogens with zero attached hydrogens (tertiary/aromatic N) is 1. The van der Waals surface area contributed by atoms with Crippen molar-refractivity contribution in [2.24, 2.45) is 5.10 Å². The first-order valence-electron chi connectivity index (χ1n) is 12.0. The van der Waals surface area contributed by atoms with E-state index in [0.717, 1.165) is 23.1 Å². The number of hydrogen-bond acceptors (Lipinski definition) is 6. The van der Waals surface area contributed by atoms with Crippen molar-refractivity contribution in [2.45, 2.75) is 40.0 Å². The van der Waals surface area contributed by atoms with Gasteiger partial charge >= 0.3 is 5.97 Å². The van der Waals surface area contributed by atoms with Crippen molar-refractivity contribution in [1.29, 1.82) is 0 Å². The number of benzene rings is 3. The molecule has 3 aromatic rings. The minimum absolute atomic E-state index is 0.138. The molecule has 0 bridgehead atoms. The molecule has 0 unspecified atom stereocenters. The molecule has 0 spiro atoms. The number of aryl methyl sites for hydroxylation is 1. The Morgan fingerprint density at radius 3 is 2.31 bits per heavy atom. The third-order valence-corrected chi connectivity index (χ3v) is 5.21. The van der Waals surface area contributed by atoms with Gasteiger partial charge in [-0.2, -0.15) is 5.10 Å². The first-order chi connectivity index (χ1) is 17.4. The number of hydrogen-bond donors (Lipinski definition) is 1. The Morgan fingerprint density at radius 2 is 1.64 bits per heavy atom. The summed E-state index contributed by atoms with van der Waals surface area (Å²) in [5.74, 6) is 1.29. The van der Waals surface area contributed by atoms with Gasteiger partial charge in [-0.1, -0.05) is 32.9 Å². The fourth-order valence-electron chi connectivity index (χ4n) is 3.29. The molecule has 0 atom stereocenters. The summed E-state index contributed by atoms with van der Waals surface area (Å²) in [6.45, 7) is 8.66. The quantitative estimate of drug-likeness (QED) is 0.163. The zero-order valence-corrected chi connectivity index (χ0v) is 21.1. The molecule has 0 saturated heterocycles. The summed E-state index contributed by atoms with van der Waals surface area (Å²) in [6, 6.07) is 19.6. The molecular weight excluding hydrogens is 456 g/mol. The smallest absolute Gasteiger partial charge is 0.343 e. The molecule has 1 N–H and O–H groups in total. The van der Waals surface area contributed by atoms with Crippen LogP contribution in [-0.4, -0.2) is 31.3 Å². The summed E-state index contributed by atoms with van der Waals surface area (Å²) in [7, 11) is 0. The molecule has 7 nitrogen and oxygen atoms in total. The fraction of sp³-hybridized carbons (Fsp3) is 0.276. The lowest BCUT2D eigenvalue weighted by molar-refractivity contribution is -0.123. The first-order valence-corrected chi connectivity index (χ1v) is 12.0. The maximum Gasteiger partial charge on any atom is 0.343 e. The molecule has 0 aliphatic carbocycles. The van der Waals surface area contributed by atoms with Crippen LogP contribution in [0.1, 0.15) is 60.2 Å². The number of ether oxygens (including phenoxy) is 3. The molecule has 0 radical (unpaired) electrons. The van der Waals surface area contributed by atoms with E-state index in [1.807, 2.05) is 32.0 Å². The second kappa shape index (κ2) is 13.1. The second-order valence-electron chi connectivity index (χ2n) is 8.61. The Hall–Kier alpha value is -4.13. The Balaban J connectivity index is 1.47. The van der Waals surface area contributed by atoms with E-state index >= 15 is 0 Å². The van der Waals surface area contributed by atoms with Crippen molar-refractivity contribution in [3.63, 3.8) is 0 Å². The number of carbonyl (C=O) groups is 2. The maximum absolute atomic E-state index is 12.4. The van der Waals surface area contributed by atoms with Crippen LogP contribution in [0.15, 0.2) is 71.8 Å². The van der Waals surface area contributed by atoms with Crippen molar-refractivity contribution in [2.75, 3.05) is 13.2 Å². The van der Waals surface area contributed by atoms with E-state index in [4.69, 9.17) is 14.2 Å². The van der Waals surface area contributed by atoms with Gasteiger partial charge in [0, 0.05) is 0 Å². The van der Waals surface area contributed by atoms with Crippen LogP contribution >= 0.6 is 0 Å². The average Bonchev–Trinajstić information content (AvgIpc) is 2.87. The van der Waals surface area contributed by atoms with E-state index < -0.39 is 5.97 Å². The van der Waals surface area contributed by atoms with Gasteiger partial charge in [-0.05, 0) is 90.6 Å². The highest BCUT2D eigenvalue weighted by atomic mass is 16.5. The van der Waals surface area contributed by atoms with Crippen LogP contribution in [0, 0.1) is 6.92 Å². The molecule has 1 amide bonds. The number of esters is 1. The molecule has 3 rings (SSSR count). The average molecular weight is 489 g/mol. The maximum atomic E-state index is 12.4. The van der Waals surface area contributed by atoms with Crippen LogP contribution in [-0.2, 0) is 4.79 Å². The van der Waals surface area contributed by atoms with Crippen LogP contribution in [0.5, 0.6) is 17.2 Å². The van der Waals surface area contributed by atoms with Gasteiger partial charge in [0.2, 0.25) is 0 Å². The molecule has 0 aliphatic rings. The molecule has 0 heterocycles. The van der Waals surface area contributed by atoms with Crippen LogP contribution in [0.2, 0.25) is 0 Å². The van der Waals surface area contributed by atoms with Crippen LogP contribution < -0.4 is 19.6 Å². The Bertz CT molecular complexity index is 1190. The molecule has 3 aromatic carbocycles. The molecular formula is C29H32N2O5. The highest BCUT2D eigenvalue weighted by molar-refractivity contribution is 5.91. The van der Waals surface area contributed by atoms with E-state index in [0.29, 0.717) is 29.4 Å². The molecule has 0 fully saturated rings. The largest absolute Gasteiger partial charge is 0.494 e. The highest BCUT2D eigenvalue weighted by Crippen LogP contribution is 2.27. The SMILES string of the molecule is CCCOc1ccc(C(=O)Oc2ccc(/C=N/NC(=O)COc3cc(C)ccc3C(C)C)cc2)cc1. The van der Waals surface area contributed by atoms with Gasteiger partial charge in [-0.3, -0.25) is 4.79 Å². The van der Waals surface area contributed by atoms with Crippen molar-refractivity contribution >= 4 is 18.1 Å². The lowest BCUT2D eigenvalue weighted by Crippen LogP contribution is -2.25. The lowest BCUT2D eigenvalue weighted by Gasteiger charge is -2.14. The Kier molecular flexibility index (Phi) is 9.63. The fourth-order valence-corrected chi connectivity index (χ4v) is 3.29. The highest BCUT2D eigenvalue weighted by Gasteiger charge is 2.11. The van der Waals surface area contributed by atoms with Crippen LogP contribution in [0.25, 0.3) is 0 Å². The van der Waals surface area contributed by atoms with Crippen LogP contribution in [0.3, 0.4) is 0 Å². The molecule has 36 heavy (non-hydrogen) atoms. The van der Waals surface area contributed by atoms with E-state index in [1.165, 1.54) is 6.21 Å². The van der Waals surface area contributed by atoms with Crippen molar-refractivity contribution < 1.29 is 23.8 Å². The first kappa shape index (κ1) is 26.5. The molecule has 0 aliphatic heterocycles. The van der Waals surface area contributed by atoms with Crippen LogP contribution in [0.4, 0.5) is 0 Å². The minimum Gasteiger partial charge on any atom is -0.494 e. The zero-order chi connectivity index (χ0) is 25.9. The summed E-state index contributed by atoms with van der Waals surface area (Å²) in [5, 5.41) is 3.97. The summed E-state index contributed by atoms with van der Waals surface area (Å²) < 4.78 is 16.7.